The maximum absolute atomic E-state index is 14.3. The van der Waals surface area contributed by atoms with Crippen molar-refractivity contribution in [3.05, 3.63) is 12.2 Å². The van der Waals surface area contributed by atoms with Crippen LogP contribution >= 0.6 is 0 Å². The SMILES string of the molecule is C=C1C[C@]23C[C@@]1(O)CC[C@H]2[C@@]12C[C@H](O[C@@H]4O[C@H](COC(C)=O)[C@@H](OC(C)=O)[C@H](OC(C)=O)[C@H]4OC(C)=O)[C@H](OC(C)=O)[C@@](C)(C(=O)O1)[C@H]2[C@@H]3C(=O)OC. The van der Waals surface area contributed by atoms with E-state index in [4.69, 9.17) is 42.6 Å². The highest BCUT2D eigenvalue weighted by Gasteiger charge is 2.86. The van der Waals surface area contributed by atoms with E-state index in [0.717, 1.165) is 34.6 Å². The molecule has 0 aromatic heterocycles. The highest BCUT2D eigenvalue weighted by molar-refractivity contribution is 5.86. The van der Waals surface area contributed by atoms with Crippen molar-refractivity contribution >= 4 is 41.8 Å². The maximum Gasteiger partial charge on any atom is 0.316 e. The summed E-state index contributed by atoms with van der Waals surface area (Å²) in [5.41, 5.74) is -4.71. The number of fused-ring (bicyclic) bond motifs is 1. The van der Waals surface area contributed by atoms with Crippen molar-refractivity contribution in [3.63, 3.8) is 0 Å². The fourth-order valence-corrected chi connectivity index (χ4v) is 10.7. The van der Waals surface area contributed by atoms with Crippen LogP contribution in [0, 0.1) is 28.6 Å². The second kappa shape index (κ2) is 13.3. The van der Waals surface area contributed by atoms with Gasteiger partial charge in [0.25, 0.3) is 0 Å². The first-order valence-corrected chi connectivity index (χ1v) is 17.6. The summed E-state index contributed by atoms with van der Waals surface area (Å²) >= 11 is 0. The van der Waals surface area contributed by atoms with Crippen molar-refractivity contribution in [2.24, 2.45) is 28.6 Å². The maximum atomic E-state index is 14.3. The van der Waals surface area contributed by atoms with Gasteiger partial charge in [0.05, 0.1) is 18.6 Å². The van der Waals surface area contributed by atoms with E-state index in [1.54, 1.807) is 0 Å². The molecule has 53 heavy (non-hydrogen) atoms. The summed E-state index contributed by atoms with van der Waals surface area (Å²) in [7, 11) is 1.24. The van der Waals surface area contributed by atoms with Crippen LogP contribution in [0.5, 0.6) is 0 Å². The van der Waals surface area contributed by atoms with Crippen molar-refractivity contribution < 1.29 is 81.3 Å². The van der Waals surface area contributed by atoms with Crippen molar-refractivity contribution in [2.75, 3.05) is 13.7 Å². The Hall–Kier alpha value is -4.09. The van der Waals surface area contributed by atoms with Crippen LogP contribution in [-0.4, -0.2) is 115 Å². The predicted octanol–water partition coefficient (Wildman–Crippen LogP) is 0.989. The number of ether oxygens (including phenoxy) is 9. The zero-order valence-electron chi connectivity index (χ0n) is 30.7. The quantitative estimate of drug-likeness (QED) is 0.197. The Morgan fingerprint density at radius 3 is 2.08 bits per heavy atom. The summed E-state index contributed by atoms with van der Waals surface area (Å²) in [6.45, 7) is 10.7. The van der Waals surface area contributed by atoms with E-state index in [2.05, 4.69) is 6.58 Å². The zero-order valence-corrected chi connectivity index (χ0v) is 30.7. The summed E-state index contributed by atoms with van der Waals surface area (Å²) in [6.07, 6.45) is -9.34. The molecule has 4 bridgehead atoms. The van der Waals surface area contributed by atoms with Crippen LogP contribution in [0.3, 0.4) is 0 Å². The van der Waals surface area contributed by atoms with Crippen molar-refractivity contribution in [2.45, 2.75) is 128 Å². The van der Waals surface area contributed by atoms with Gasteiger partial charge in [0.15, 0.2) is 24.6 Å². The zero-order chi connectivity index (χ0) is 39.0. The van der Waals surface area contributed by atoms with Gasteiger partial charge >= 0.3 is 41.8 Å². The van der Waals surface area contributed by atoms with Gasteiger partial charge in [-0.25, -0.2) is 0 Å². The van der Waals surface area contributed by atoms with Gasteiger partial charge in [-0.2, -0.15) is 0 Å². The van der Waals surface area contributed by atoms with Crippen molar-refractivity contribution in [3.8, 4) is 0 Å². The number of aliphatic hydroxyl groups is 1. The number of rotatable bonds is 9. The van der Waals surface area contributed by atoms with Crippen LogP contribution < -0.4 is 0 Å². The van der Waals surface area contributed by atoms with E-state index in [-0.39, 0.29) is 19.3 Å². The second-order valence-electron chi connectivity index (χ2n) is 15.4. The van der Waals surface area contributed by atoms with Crippen LogP contribution in [0.2, 0.25) is 0 Å². The molecule has 6 rings (SSSR count). The van der Waals surface area contributed by atoms with Gasteiger partial charge < -0.3 is 47.7 Å². The molecule has 0 radical (unpaired) electrons. The molecular weight excluding hydrogens is 704 g/mol. The van der Waals surface area contributed by atoms with Crippen molar-refractivity contribution in [1.82, 2.24) is 0 Å². The average molecular weight is 751 g/mol. The minimum Gasteiger partial charge on any atom is -0.469 e. The number of hydrogen-bond donors (Lipinski definition) is 1. The Morgan fingerprint density at radius 2 is 1.49 bits per heavy atom. The normalized spacial score (nSPS) is 43.4. The molecule has 17 heteroatoms. The number of methoxy groups -OCH3 is 1. The van der Waals surface area contributed by atoms with Gasteiger partial charge in [0.2, 0.25) is 0 Å². The number of carbonyl (C=O) groups is 7. The topological polar surface area (TPSA) is 223 Å². The van der Waals surface area contributed by atoms with E-state index < -0.39 is 131 Å². The van der Waals surface area contributed by atoms with E-state index in [1.807, 2.05) is 0 Å². The first-order chi connectivity index (χ1) is 24.7. The fraction of sp³-hybridized carbons (Fsp3) is 0.750. The molecule has 6 aliphatic rings. The molecule has 1 N–H and O–H groups in total. The number of carbonyl (C=O) groups excluding carboxylic acids is 7. The molecule has 4 aliphatic carbocycles. The van der Waals surface area contributed by atoms with Gasteiger partial charge in [-0.3, -0.25) is 33.6 Å². The van der Waals surface area contributed by atoms with Crippen LogP contribution in [0.1, 0.15) is 73.6 Å². The molecule has 2 saturated heterocycles. The van der Waals surface area contributed by atoms with Gasteiger partial charge in [-0.1, -0.05) is 6.58 Å². The molecule has 2 aliphatic heterocycles. The van der Waals surface area contributed by atoms with Gasteiger partial charge in [0, 0.05) is 52.9 Å². The summed E-state index contributed by atoms with van der Waals surface area (Å²) in [6, 6.07) is 0. The molecule has 0 aromatic carbocycles. The first kappa shape index (κ1) is 38.6. The second-order valence-corrected chi connectivity index (χ2v) is 15.4. The molecule has 17 nitrogen and oxygen atoms in total. The minimum absolute atomic E-state index is 0.144. The molecule has 0 amide bonds. The van der Waals surface area contributed by atoms with Crippen molar-refractivity contribution in [1.29, 1.82) is 0 Å². The van der Waals surface area contributed by atoms with Crippen LogP contribution in [0.25, 0.3) is 0 Å². The van der Waals surface area contributed by atoms with Gasteiger partial charge in [-0.05, 0) is 43.6 Å². The third-order valence-electron chi connectivity index (χ3n) is 12.3. The molecule has 0 unspecified atom stereocenters. The van der Waals surface area contributed by atoms with Gasteiger partial charge in [-0.15, -0.1) is 0 Å². The molecule has 0 aromatic rings. The Morgan fingerprint density at radius 1 is 0.887 bits per heavy atom. The molecule has 292 valence electrons. The lowest BCUT2D eigenvalue weighted by Gasteiger charge is -2.50. The fourth-order valence-electron chi connectivity index (χ4n) is 10.7. The lowest BCUT2D eigenvalue weighted by molar-refractivity contribution is -0.330. The smallest absolute Gasteiger partial charge is 0.316 e. The number of esters is 7. The Balaban J connectivity index is 1.47. The molecule has 2 heterocycles. The third-order valence-corrected chi connectivity index (χ3v) is 12.3. The van der Waals surface area contributed by atoms with Crippen LogP contribution in [0.4, 0.5) is 0 Å². The minimum atomic E-state index is -1.72. The average Bonchev–Trinajstić information content (AvgIpc) is 3.47. The first-order valence-electron chi connectivity index (χ1n) is 17.6. The molecule has 4 saturated carbocycles. The largest absolute Gasteiger partial charge is 0.469 e. The van der Waals surface area contributed by atoms with Crippen LogP contribution in [-0.2, 0) is 76.2 Å². The monoisotopic (exact) mass is 750 g/mol. The van der Waals surface area contributed by atoms with E-state index in [0.29, 0.717) is 18.4 Å². The summed E-state index contributed by atoms with van der Waals surface area (Å²) in [5, 5.41) is 11.6. The van der Waals surface area contributed by atoms with Gasteiger partial charge in [0.1, 0.15) is 35.9 Å². The van der Waals surface area contributed by atoms with E-state index in [1.165, 1.54) is 14.0 Å². The Bertz CT molecular complexity index is 1620. The standard InChI is InChI=1S/C36H46O17/c1-15-11-34-14-35(15,44)10-9-23(34)36-12-21(29(50-20(6)41)33(7,32(43)53-36)28(36)24(34)30(42)45-8)51-31-27(49-19(5)40)26(48-18(4)39)25(47-17(3)38)22(52-31)13-46-16(2)37/h21-29,31,44H,1,9-14H2,2-8H3/t21-,22+,23+,24+,25+,26-,27+,28+,29-,31+,33-,34-,35-,36+/m0/s1. The summed E-state index contributed by atoms with van der Waals surface area (Å²) in [5.74, 6) is -7.72. The Labute approximate surface area is 305 Å². The highest BCUT2D eigenvalue weighted by Crippen LogP contribution is 2.79. The summed E-state index contributed by atoms with van der Waals surface area (Å²) in [4.78, 5) is 90.0. The lowest BCUT2D eigenvalue weighted by atomic mass is 9.58. The third kappa shape index (κ3) is 5.98. The van der Waals surface area contributed by atoms with E-state index in [9.17, 15) is 38.7 Å². The molecule has 1 spiro atoms. The molecular formula is C36H46O17. The Kier molecular flexibility index (Phi) is 9.72. The summed E-state index contributed by atoms with van der Waals surface area (Å²) < 4.78 is 52.3. The highest BCUT2D eigenvalue weighted by atomic mass is 16.7. The van der Waals surface area contributed by atoms with E-state index >= 15 is 0 Å². The lowest BCUT2D eigenvalue weighted by Crippen LogP contribution is -2.66. The number of hydrogen-bond acceptors (Lipinski definition) is 17. The van der Waals surface area contributed by atoms with Crippen LogP contribution in [0.15, 0.2) is 12.2 Å². The molecule has 6 fully saturated rings. The predicted molar refractivity (Wildman–Crippen MR) is 171 cm³/mol. The molecule has 14 atom stereocenters.